The molecule has 0 heterocycles. The number of hydrogen-bond donors (Lipinski definition) is 0. The van der Waals surface area contributed by atoms with Gasteiger partial charge in [-0.1, -0.05) is 0 Å². The molecule has 0 fully saturated rings. The van der Waals surface area contributed by atoms with E-state index in [1.807, 2.05) is 0 Å². The summed E-state index contributed by atoms with van der Waals surface area (Å²) in [5.41, 5.74) is 0. The van der Waals surface area contributed by atoms with Crippen molar-refractivity contribution in [2.24, 2.45) is 0 Å². The van der Waals surface area contributed by atoms with Crippen LogP contribution in [0.5, 0.6) is 0 Å². The van der Waals surface area contributed by atoms with Gasteiger partial charge in [0.1, 0.15) is 0 Å². The highest BCUT2D eigenvalue weighted by Crippen LogP contribution is 2.53. The Kier molecular flexibility index (Phi) is 48.2. The van der Waals surface area contributed by atoms with Crippen LogP contribution in [-0.2, 0) is 0 Å². The third kappa shape index (κ3) is 26.3. The molecular formula is B90P. The van der Waals surface area contributed by atoms with E-state index in [1.165, 1.54) is 0 Å². The quantitative estimate of drug-likeness (QED) is 0.0422. The van der Waals surface area contributed by atoms with Gasteiger partial charge in [-0.3, -0.25) is 7.56 Å². The first-order valence-corrected chi connectivity index (χ1v) is 31.3. The molecule has 0 aromatic carbocycles. The average Bonchev–Trinajstić information content (AvgIpc) is 3.33. The van der Waals surface area contributed by atoms with Crippen molar-refractivity contribution in [3.63, 3.8) is 0 Å². The van der Waals surface area contributed by atoms with E-state index >= 15 is 0 Å². The topological polar surface area (TPSA) is 0 Å². The lowest BCUT2D eigenvalue weighted by Gasteiger charge is -2.64. The molecule has 0 N–H and O–H groups in total. The maximum atomic E-state index is 7.55. The molecule has 0 aromatic heterocycles. The molecule has 0 aliphatic carbocycles. The highest BCUT2D eigenvalue weighted by Gasteiger charge is 2.67. The van der Waals surface area contributed by atoms with Gasteiger partial charge in [0.15, 0.2) is 0 Å². The summed E-state index contributed by atoms with van der Waals surface area (Å²) in [6.45, 7) is 0. The van der Waals surface area contributed by atoms with E-state index in [4.69, 9.17) is 356 Å². The van der Waals surface area contributed by atoms with E-state index in [-0.39, 0.29) is 0 Å². The Balaban J connectivity index is 13.8. The monoisotopic (exact) mass is 1020 g/mol. The van der Waals surface area contributed by atoms with Crippen LogP contribution in [0.15, 0.2) is 0 Å². The van der Waals surface area contributed by atoms with Gasteiger partial charge < -0.3 is 0 Å². The van der Waals surface area contributed by atoms with Gasteiger partial charge in [0.2, 0.25) is 0 Å². The Morgan fingerprint density at radius 2 is 0.220 bits per heavy atom. The molecule has 275 valence electrons. The molecule has 91 heavy (non-hydrogen) atoms. The van der Waals surface area contributed by atoms with Crippen molar-refractivity contribution >= 4 is 645 Å². The lowest BCUT2D eigenvalue weighted by Crippen LogP contribution is -2.92. The van der Waals surface area contributed by atoms with Crippen molar-refractivity contribution in [3.8, 4) is 0 Å². The summed E-state index contributed by atoms with van der Waals surface area (Å²) in [5.74, 6) is 0. The highest BCUT2D eigenvalue weighted by molar-refractivity contribution is 8.64. The van der Waals surface area contributed by atoms with Crippen molar-refractivity contribution in [2.45, 2.75) is 0 Å². The predicted molar refractivity (Wildman–Crippen MR) is 525 cm³/mol. The van der Waals surface area contributed by atoms with Gasteiger partial charge >= 0.3 is 0 Å². The van der Waals surface area contributed by atoms with E-state index < -0.39 is 282 Å². The van der Waals surface area contributed by atoms with Crippen molar-refractivity contribution in [3.05, 3.63) is 0 Å². The first-order valence-electron chi connectivity index (χ1n) is 29.8. The Hall–Kier alpha value is 6.27. The Morgan fingerprint density at radius 1 is 0.132 bits per heavy atom. The zero-order valence-corrected chi connectivity index (χ0v) is 53.3. The van der Waals surface area contributed by atoms with Gasteiger partial charge in [-0.15, -0.1) is 0 Å². The van der Waals surface area contributed by atoms with Gasteiger partial charge in [-0.2, -0.15) is 0 Å². The second-order valence-corrected chi connectivity index (χ2v) is 27.9. The minimum absolute atomic E-state index is 1.00. The van der Waals surface area contributed by atoms with Crippen molar-refractivity contribution < 1.29 is 0 Å². The summed E-state index contributed by atoms with van der Waals surface area (Å²) in [5, 5.41) is 0. The first kappa shape index (κ1) is 97.3. The fourth-order valence-electron chi connectivity index (χ4n) is 15.4. The summed E-state index contributed by atoms with van der Waals surface area (Å²) < 4.78 is 0. The summed E-state index contributed by atoms with van der Waals surface area (Å²) in [4.78, 5) is 0. The lowest BCUT2D eigenvalue weighted by atomic mass is 8.36. The van der Waals surface area contributed by atoms with E-state index in [0.717, 1.165) is 7.06 Å². The van der Waals surface area contributed by atoms with Gasteiger partial charge in [0.25, 0.3) is 0 Å². The molecule has 0 saturated heterocycles. The van der Waals surface area contributed by atoms with Gasteiger partial charge in [-0.25, -0.2) is 0 Å². The Labute approximate surface area is 638 Å². The smallest absolute Gasteiger partial charge is 0.0527 e. The number of hydrogen-bond acceptors (Lipinski definition) is 0. The zero-order valence-electron chi connectivity index (χ0n) is 52.4. The van der Waals surface area contributed by atoms with Gasteiger partial charge in [0, 0.05) is 618 Å². The summed E-state index contributed by atoms with van der Waals surface area (Å²) >= 11 is 0. The standard InChI is InChI=1S/B90P/c1-47-70(46)82(71(48(2)3)49(4)5)88(83(72(50(6)7)51(8)9)73(52(10)11)53(12)13)91(89(84(74(54(14)15)55(16)17)75(56(18)19)57(20)21)85(76(58(22)23)59(24)25)77(60(26)27)61(28)29)90(86(78(62(30)31)63(32)33)79(64(34)35)65(36)37)87(80(66(38)39)67(40)41)81(68(42)43)69(44)45. The summed E-state index contributed by atoms with van der Waals surface area (Å²) in [6, 6.07) is 0. The highest BCUT2D eigenvalue weighted by atomic mass is 31.1. The minimum atomic E-state index is -3.53. The SMILES string of the molecule is [B][B]B([B])B(B(B([B])[B])B([B])[B])B(B(B(B([B])[B])B([B])[B])B(B([B])[B])B([B])[B])P(B(B(B(B([B])[B])B([B])[B])B(B([B])[B])B([B])[B])B(B(B([B])[B])B([B])[B])B(B([B])[B])B([B])[B])B(B(B(B([B])[B])B([B])[B])B(B([B])[B])B([B])[B])B(B(B([B])[B])B([B])[B])B(B([B])[B])B([B])[B]. The van der Waals surface area contributed by atoms with Crippen LogP contribution in [-0.4, -0.2) is 637 Å². The molecule has 0 rings (SSSR count). The van der Waals surface area contributed by atoms with Crippen LogP contribution >= 0.6 is 7.56 Å². The Bertz CT molecular complexity index is 1470. The van der Waals surface area contributed by atoms with Crippen LogP contribution in [0.3, 0.4) is 0 Å². The van der Waals surface area contributed by atoms with Crippen LogP contribution in [0, 0.1) is 0 Å². The van der Waals surface area contributed by atoms with E-state index in [9.17, 15) is 0 Å². The summed E-state index contributed by atoms with van der Waals surface area (Å²) in [7, 11) is 320. The fourth-order valence-corrected chi connectivity index (χ4v) is 21.4. The zero-order chi connectivity index (χ0) is 72.1. The molecule has 0 aliphatic heterocycles. The molecule has 0 saturated carbocycles. The van der Waals surface area contributed by atoms with E-state index in [0.29, 0.717) is 0 Å². The van der Waals surface area contributed by atoms with E-state index in [2.05, 4.69) is 0 Å². The van der Waals surface area contributed by atoms with Crippen LogP contribution < -0.4 is 0 Å². The second-order valence-electron chi connectivity index (χ2n) is 25.2. The maximum absolute atomic E-state index is 7.55. The molecular weight excluding hydrogens is 1000 g/mol. The molecule has 0 unspecified atom stereocenters. The molecule has 91 heteroatoms. The van der Waals surface area contributed by atoms with Gasteiger partial charge in [-0.05, 0) is 0 Å². The van der Waals surface area contributed by atoms with Crippen LogP contribution in [0.2, 0.25) is 0 Å². The molecule has 0 aliphatic rings. The molecule has 0 spiro atoms. The maximum Gasteiger partial charge on any atom is 0.0527 e. The molecule has 0 bridgehead atoms. The molecule has 93 radical (unpaired) electrons. The van der Waals surface area contributed by atoms with Crippen LogP contribution in [0.25, 0.3) is 0 Å². The van der Waals surface area contributed by atoms with Crippen LogP contribution in [0.1, 0.15) is 0 Å². The largest absolute Gasteiger partial charge is 0.253 e. The third-order valence-electron chi connectivity index (χ3n) is 18.7. The van der Waals surface area contributed by atoms with Gasteiger partial charge in [0.05, 0.1) is 18.6 Å². The van der Waals surface area contributed by atoms with E-state index in [1.54, 1.807) is 0 Å². The van der Waals surface area contributed by atoms with Crippen molar-refractivity contribution in [1.29, 1.82) is 0 Å². The van der Waals surface area contributed by atoms with Crippen molar-refractivity contribution in [1.82, 2.24) is 0 Å². The first-order chi connectivity index (χ1) is 41.4. The third-order valence-corrected chi connectivity index (χ3v) is 22.9. The fraction of sp³-hybridized carbons (Fsp3) is 0. The molecule has 0 atom stereocenters. The lowest BCUT2D eigenvalue weighted by molar-refractivity contribution is 3.21. The minimum Gasteiger partial charge on any atom is -0.253 e. The summed E-state index contributed by atoms with van der Waals surface area (Å²) in [6.07, 6.45) is -75.9. The van der Waals surface area contributed by atoms with Crippen LogP contribution in [0.4, 0.5) is 0 Å². The molecule has 0 amide bonds. The Morgan fingerprint density at radius 3 is 0.308 bits per heavy atom. The number of rotatable bonds is 44. The predicted octanol–water partition coefficient (Wildman–Crippen LogP) is -33.4. The molecule has 0 nitrogen and oxygen atoms in total. The molecule has 0 aromatic rings. The van der Waals surface area contributed by atoms with Crippen molar-refractivity contribution in [2.75, 3.05) is 0 Å². The normalized spacial score (nSPS) is 9.90. The second kappa shape index (κ2) is 45.1. The average molecular weight is 1000 g/mol.